The monoisotopic (exact) mass is 445 g/mol. The van der Waals surface area contributed by atoms with Crippen molar-refractivity contribution in [3.63, 3.8) is 0 Å². The molecule has 2 amide bonds. The molecule has 1 aromatic heterocycles. The van der Waals surface area contributed by atoms with Gasteiger partial charge in [-0.2, -0.15) is 0 Å². The van der Waals surface area contributed by atoms with E-state index < -0.39 is 5.97 Å². The number of carbonyl (C=O) groups excluding carboxylic acids is 3. The maximum atomic E-state index is 12.6. The minimum absolute atomic E-state index is 0.0838. The van der Waals surface area contributed by atoms with Gasteiger partial charge < -0.3 is 18.6 Å². The fourth-order valence-electron chi connectivity index (χ4n) is 2.90. The molecule has 1 aliphatic heterocycles. The zero-order valence-corrected chi connectivity index (χ0v) is 18.5. The molecule has 164 valence electrons. The van der Waals surface area contributed by atoms with E-state index in [1.165, 1.54) is 25.2 Å². The van der Waals surface area contributed by atoms with Gasteiger partial charge in [0.15, 0.2) is 11.5 Å². The summed E-state index contributed by atoms with van der Waals surface area (Å²) < 4.78 is 21.1. The third-order valence-corrected chi connectivity index (χ3v) is 5.64. The third kappa shape index (κ3) is 4.93. The van der Waals surface area contributed by atoms with Crippen LogP contribution in [0.15, 0.2) is 39.7 Å². The van der Waals surface area contributed by atoms with E-state index in [4.69, 9.17) is 13.9 Å². The van der Waals surface area contributed by atoms with Crippen molar-refractivity contribution in [3.05, 3.63) is 52.3 Å². The molecule has 0 aliphatic carbocycles. The molecular formula is C22H23NO7S. The summed E-state index contributed by atoms with van der Waals surface area (Å²) in [5.41, 5.74) is 0.699. The normalized spacial score (nSPS) is 16.0. The van der Waals surface area contributed by atoms with E-state index in [2.05, 4.69) is 4.74 Å². The van der Waals surface area contributed by atoms with Crippen LogP contribution in [0.25, 0.3) is 6.08 Å². The molecule has 1 aromatic carbocycles. The van der Waals surface area contributed by atoms with Gasteiger partial charge in [-0.15, -0.1) is 0 Å². The van der Waals surface area contributed by atoms with Gasteiger partial charge in [0.1, 0.15) is 12.4 Å². The Kier molecular flexibility index (Phi) is 7.06. The lowest BCUT2D eigenvalue weighted by Gasteiger charge is -2.19. The van der Waals surface area contributed by atoms with Crippen molar-refractivity contribution in [2.75, 3.05) is 14.2 Å². The molecule has 2 heterocycles. The zero-order chi connectivity index (χ0) is 22.5. The molecule has 1 aliphatic rings. The van der Waals surface area contributed by atoms with Gasteiger partial charge in [0.05, 0.1) is 19.1 Å². The number of nitrogens with zero attached hydrogens (tertiary/aromatic N) is 1. The number of hydrogen-bond acceptors (Lipinski definition) is 8. The Bertz CT molecular complexity index is 1030. The van der Waals surface area contributed by atoms with Crippen LogP contribution in [-0.2, 0) is 16.1 Å². The summed E-state index contributed by atoms with van der Waals surface area (Å²) >= 11 is 0.928. The topological polar surface area (TPSA) is 95.3 Å². The third-order valence-electron chi connectivity index (χ3n) is 4.76. The molecule has 8 nitrogen and oxygen atoms in total. The quantitative estimate of drug-likeness (QED) is 0.433. The standard InChI is InChI=1S/C22H23NO7S/c1-5-13(2)23-20(24)19(31-22(23)26)11-14-6-8-16(18(10-14)27-3)29-12-15-7-9-17(30-15)21(25)28-4/h6-11,13H,5,12H2,1-4H3. The van der Waals surface area contributed by atoms with Crippen LogP contribution in [0.2, 0.25) is 0 Å². The Balaban J connectivity index is 1.73. The number of thioether (sulfide) groups is 1. The number of ether oxygens (including phenoxy) is 3. The molecule has 0 N–H and O–H groups in total. The predicted molar refractivity (Wildman–Crippen MR) is 115 cm³/mol. The molecule has 0 bridgehead atoms. The van der Waals surface area contributed by atoms with Crippen LogP contribution in [0.1, 0.15) is 42.1 Å². The van der Waals surface area contributed by atoms with E-state index in [1.54, 1.807) is 30.3 Å². The number of carbonyl (C=O) groups is 3. The molecule has 1 saturated heterocycles. The molecule has 1 fully saturated rings. The predicted octanol–water partition coefficient (Wildman–Crippen LogP) is 4.49. The molecule has 2 aromatic rings. The molecule has 1 unspecified atom stereocenters. The Hall–Kier alpha value is -3.20. The first-order valence-corrected chi connectivity index (χ1v) is 10.4. The first-order chi connectivity index (χ1) is 14.9. The van der Waals surface area contributed by atoms with Gasteiger partial charge in [-0.05, 0) is 61.0 Å². The Morgan fingerprint density at radius 3 is 2.65 bits per heavy atom. The minimum atomic E-state index is -0.564. The lowest BCUT2D eigenvalue weighted by Crippen LogP contribution is -2.36. The number of benzene rings is 1. The molecule has 0 radical (unpaired) electrons. The summed E-state index contributed by atoms with van der Waals surface area (Å²) in [6.07, 6.45) is 2.36. The second-order valence-corrected chi connectivity index (χ2v) is 7.76. The highest BCUT2D eigenvalue weighted by atomic mass is 32.2. The second kappa shape index (κ2) is 9.74. The largest absolute Gasteiger partial charge is 0.493 e. The van der Waals surface area contributed by atoms with Gasteiger partial charge >= 0.3 is 5.97 Å². The van der Waals surface area contributed by atoms with Crippen LogP contribution in [0.3, 0.4) is 0 Å². The number of furan rings is 1. The first kappa shape index (κ1) is 22.5. The average Bonchev–Trinajstić information content (AvgIpc) is 3.36. The van der Waals surface area contributed by atoms with Crippen molar-refractivity contribution in [2.45, 2.75) is 32.9 Å². The van der Waals surface area contributed by atoms with E-state index in [0.717, 1.165) is 11.8 Å². The van der Waals surface area contributed by atoms with Crippen molar-refractivity contribution in [1.29, 1.82) is 0 Å². The van der Waals surface area contributed by atoms with Gasteiger partial charge in [0.25, 0.3) is 11.1 Å². The number of imide groups is 1. The van der Waals surface area contributed by atoms with Gasteiger partial charge in [-0.25, -0.2) is 4.79 Å². The van der Waals surface area contributed by atoms with Gasteiger partial charge in [-0.3, -0.25) is 14.5 Å². The number of esters is 1. The van der Waals surface area contributed by atoms with E-state index in [0.29, 0.717) is 34.1 Å². The highest BCUT2D eigenvalue weighted by molar-refractivity contribution is 8.18. The number of rotatable bonds is 8. The molecule has 3 rings (SSSR count). The first-order valence-electron chi connectivity index (χ1n) is 9.62. The van der Waals surface area contributed by atoms with Crippen LogP contribution in [0.5, 0.6) is 11.5 Å². The lowest BCUT2D eigenvalue weighted by molar-refractivity contribution is -0.124. The maximum Gasteiger partial charge on any atom is 0.373 e. The molecule has 0 saturated carbocycles. The SMILES string of the molecule is CCC(C)N1C(=O)SC(=Cc2ccc(OCc3ccc(C(=O)OC)o3)c(OC)c2)C1=O. The van der Waals surface area contributed by atoms with Crippen molar-refractivity contribution in [2.24, 2.45) is 0 Å². The van der Waals surface area contributed by atoms with Crippen molar-refractivity contribution in [3.8, 4) is 11.5 Å². The van der Waals surface area contributed by atoms with Crippen LogP contribution in [0, 0.1) is 0 Å². The van der Waals surface area contributed by atoms with E-state index >= 15 is 0 Å². The van der Waals surface area contributed by atoms with Crippen molar-refractivity contribution in [1.82, 2.24) is 4.90 Å². The second-order valence-electron chi connectivity index (χ2n) is 6.77. The highest BCUT2D eigenvalue weighted by Gasteiger charge is 2.37. The maximum absolute atomic E-state index is 12.6. The van der Waals surface area contributed by atoms with E-state index in [9.17, 15) is 14.4 Å². The number of methoxy groups -OCH3 is 2. The molecule has 9 heteroatoms. The Morgan fingerprint density at radius 1 is 1.19 bits per heavy atom. The summed E-state index contributed by atoms with van der Waals surface area (Å²) in [6.45, 7) is 3.86. The smallest absolute Gasteiger partial charge is 0.373 e. The van der Waals surface area contributed by atoms with Crippen LogP contribution >= 0.6 is 11.8 Å². The molecule has 0 spiro atoms. The van der Waals surface area contributed by atoms with Crippen molar-refractivity contribution < 1.29 is 33.0 Å². The van der Waals surface area contributed by atoms with Crippen LogP contribution < -0.4 is 9.47 Å². The van der Waals surface area contributed by atoms with Crippen molar-refractivity contribution >= 4 is 35.0 Å². The van der Waals surface area contributed by atoms with E-state index in [1.807, 2.05) is 13.8 Å². The zero-order valence-electron chi connectivity index (χ0n) is 17.7. The summed E-state index contributed by atoms with van der Waals surface area (Å²) in [4.78, 5) is 37.9. The summed E-state index contributed by atoms with van der Waals surface area (Å²) in [5, 5.41) is -0.262. The highest BCUT2D eigenvalue weighted by Crippen LogP contribution is 2.36. The number of hydrogen-bond donors (Lipinski definition) is 0. The van der Waals surface area contributed by atoms with Crippen LogP contribution in [0.4, 0.5) is 4.79 Å². The van der Waals surface area contributed by atoms with E-state index in [-0.39, 0.29) is 29.6 Å². The fraction of sp³-hybridized carbons (Fsp3) is 0.318. The summed E-state index contributed by atoms with van der Waals surface area (Å²) in [5.74, 6) is 0.604. The fourth-order valence-corrected chi connectivity index (χ4v) is 3.83. The average molecular weight is 445 g/mol. The molecular weight excluding hydrogens is 422 g/mol. The van der Waals surface area contributed by atoms with Gasteiger partial charge in [-0.1, -0.05) is 13.0 Å². The Morgan fingerprint density at radius 2 is 1.97 bits per heavy atom. The van der Waals surface area contributed by atoms with Gasteiger partial charge in [0, 0.05) is 6.04 Å². The van der Waals surface area contributed by atoms with Crippen LogP contribution in [-0.4, -0.2) is 42.3 Å². The Labute approximate surface area is 184 Å². The summed E-state index contributed by atoms with van der Waals surface area (Å²) in [7, 11) is 2.78. The minimum Gasteiger partial charge on any atom is -0.493 e. The summed E-state index contributed by atoms with van der Waals surface area (Å²) in [6, 6.07) is 8.17. The molecule has 31 heavy (non-hydrogen) atoms. The lowest BCUT2D eigenvalue weighted by atomic mass is 10.1. The number of amides is 2. The molecule has 1 atom stereocenters. The van der Waals surface area contributed by atoms with Gasteiger partial charge in [0.2, 0.25) is 5.76 Å².